The van der Waals surface area contributed by atoms with E-state index < -0.39 is 10.0 Å². The Kier molecular flexibility index (Phi) is 3.71. The van der Waals surface area contributed by atoms with Gasteiger partial charge in [0.15, 0.2) is 0 Å². The number of sulfonamides is 1. The summed E-state index contributed by atoms with van der Waals surface area (Å²) < 4.78 is 26.3. The molecule has 0 fully saturated rings. The minimum atomic E-state index is -3.40. The van der Waals surface area contributed by atoms with Gasteiger partial charge in [0, 0.05) is 11.6 Å². The van der Waals surface area contributed by atoms with Crippen LogP contribution < -0.4 is 4.72 Å². The molecule has 1 aromatic rings. The van der Waals surface area contributed by atoms with Crippen LogP contribution in [0.2, 0.25) is 0 Å². The van der Waals surface area contributed by atoms with Gasteiger partial charge < -0.3 is 0 Å². The third-order valence-electron chi connectivity index (χ3n) is 2.99. The molecular weight excluding hydrogens is 248 g/mol. The van der Waals surface area contributed by atoms with Gasteiger partial charge in [0.05, 0.1) is 4.90 Å². The number of unbranched alkanes of at least 4 members (excludes halogenated alkanes) is 1. The molecule has 1 aromatic carbocycles. The summed E-state index contributed by atoms with van der Waals surface area (Å²) in [7, 11) is -3.40. The lowest BCUT2D eigenvalue weighted by molar-refractivity contribution is 0.594. The molecule has 0 aromatic heterocycles. The summed E-state index contributed by atoms with van der Waals surface area (Å²) in [6.45, 7) is 4.14. The second kappa shape index (κ2) is 5.10. The van der Waals surface area contributed by atoms with Gasteiger partial charge in [0.25, 0.3) is 10.0 Å². The average molecular weight is 266 g/mol. The van der Waals surface area contributed by atoms with Crippen molar-refractivity contribution in [3.05, 3.63) is 29.8 Å². The van der Waals surface area contributed by atoms with E-state index >= 15 is 0 Å². The van der Waals surface area contributed by atoms with Gasteiger partial charge >= 0.3 is 0 Å². The monoisotopic (exact) mass is 266 g/mol. The van der Waals surface area contributed by atoms with E-state index in [0.717, 1.165) is 19.3 Å². The molecule has 0 saturated heterocycles. The van der Waals surface area contributed by atoms with E-state index in [1.807, 2.05) is 13.0 Å². The molecule has 0 saturated carbocycles. The largest absolute Gasteiger partial charge is 0.264 e. The minimum Gasteiger partial charge on any atom is -0.264 e. The van der Waals surface area contributed by atoms with E-state index in [1.165, 1.54) is 0 Å². The van der Waals surface area contributed by atoms with Crippen molar-refractivity contribution < 1.29 is 8.42 Å². The normalized spacial score (nSPS) is 20.4. The molecule has 5 heteroatoms. The fourth-order valence-electron chi connectivity index (χ4n) is 2.01. The van der Waals surface area contributed by atoms with Crippen LogP contribution in [0.1, 0.15) is 38.7 Å². The van der Waals surface area contributed by atoms with Crippen LogP contribution in [0.5, 0.6) is 0 Å². The molecule has 0 amide bonds. The van der Waals surface area contributed by atoms with E-state index in [9.17, 15) is 8.42 Å². The molecule has 1 N–H and O–H groups in total. The number of hydrogen-bond acceptors (Lipinski definition) is 3. The van der Waals surface area contributed by atoms with Gasteiger partial charge in [0.1, 0.15) is 5.84 Å². The van der Waals surface area contributed by atoms with Crippen LogP contribution >= 0.6 is 0 Å². The highest BCUT2D eigenvalue weighted by Crippen LogP contribution is 2.22. The maximum absolute atomic E-state index is 11.9. The first-order chi connectivity index (χ1) is 8.54. The Balaban J connectivity index is 2.30. The number of aliphatic imine (C=N–C) groups is 1. The molecule has 18 heavy (non-hydrogen) atoms. The van der Waals surface area contributed by atoms with E-state index in [0.29, 0.717) is 16.3 Å². The maximum Gasteiger partial charge on any atom is 0.263 e. The SMILES string of the molecule is CCCCC(C)N=C1NS(=O)(=O)c2ccccc21. The highest BCUT2D eigenvalue weighted by molar-refractivity contribution is 7.90. The van der Waals surface area contributed by atoms with Gasteiger partial charge in [0.2, 0.25) is 0 Å². The molecule has 1 aliphatic rings. The predicted octanol–water partition coefficient (Wildman–Crippen LogP) is 2.30. The molecule has 0 aliphatic carbocycles. The number of benzene rings is 1. The lowest BCUT2D eigenvalue weighted by Gasteiger charge is -2.06. The Morgan fingerprint density at radius 1 is 1.33 bits per heavy atom. The Hall–Kier alpha value is -1.36. The summed E-state index contributed by atoms with van der Waals surface area (Å²) in [5.74, 6) is 0.481. The van der Waals surface area contributed by atoms with Crippen LogP contribution in [-0.2, 0) is 10.0 Å². The summed E-state index contributed by atoms with van der Waals surface area (Å²) in [4.78, 5) is 4.80. The summed E-state index contributed by atoms with van der Waals surface area (Å²) in [6.07, 6.45) is 3.20. The first-order valence-corrected chi connectivity index (χ1v) is 7.73. The molecule has 2 rings (SSSR count). The van der Waals surface area contributed by atoms with Gasteiger partial charge in [-0.05, 0) is 25.5 Å². The quantitative estimate of drug-likeness (QED) is 0.909. The molecule has 1 heterocycles. The average Bonchev–Trinajstić information content (AvgIpc) is 2.59. The van der Waals surface area contributed by atoms with E-state index in [-0.39, 0.29) is 6.04 Å². The van der Waals surface area contributed by atoms with Gasteiger partial charge in [-0.1, -0.05) is 31.9 Å². The molecule has 1 aliphatic heterocycles. The second-order valence-corrected chi connectivity index (χ2v) is 6.22. The summed E-state index contributed by atoms with van der Waals surface area (Å²) in [5, 5.41) is 0. The van der Waals surface area contributed by atoms with Crippen molar-refractivity contribution in [2.75, 3.05) is 0 Å². The second-order valence-electron chi connectivity index (χ2n) is 4.57. The van der Waals surface area contributed by atoms with Crippen LogP contribution in [-0.4, -0.2) is 20.3 Å². The first-order valence-electron chi connectivity index (χ1n) is 6.24. The molecule has 98 valence electrons. The Morgan fingerprint density at radius 3 is 2.78 bits per heavy atom. The van der Waals surface area contributed by atoms with E-state index in [1.54, 1.807) is 18.2 Å². The molecule has 0 spiro atoms. The summed E-state index contributed by atoms with van der Waals surface area (Å²) in [6, 6.07) is 7.08. The van der Waals surface area contributed by atoms with Crippen molar-refractivity contribution >= 4 is 15.9 Å². The van der Waals surface area contributed by atoms with Crippen LogP contribution in [0.15, 0.2) is 34.2 Å². The Bertz CT molecular complexity index is 564. The van der Waals surface area contributed by atoms with Crippen molar-refractivity contribution in [1.82, 2.24) is 4.72 Å². The zero-order valence-electron chi connectivity index (χ0n) is 10.7. The number of nitrogens with zero attached hydrogens (tertiary/aromatic N) is 1. The van der Waals surface area contributed by atoms with Crippen molar-refractivity contribution in [3.8, 4) is 0 Å². The lowest BCUT2D eigenvalue weighted by atomic mass is 10.1. The fourth-order valence-corrected chi connectivity index (χ4v) is 3.25. The summed E-state index contributed by atoms with van der Waals surface area (Å²) in [5.41, 5.74) is 0.681. The van der Waals surface area contributed by atoms with Gasteiger partial charge in [-0.2, -0.15) is 0 Å². The maximum atomic E-state index is 11.9. The molecule has 1 atom stereocenters. The highest BCUT2D eigenvalue weighted by Gasteiger charge is 2.30. The van der Waals surface area contributed by atoms with Crippen LogP contribution in [0.4, 0.5) is 0 Å². The van der Waals surface area contributed by atoms with Crippen LogP contribution in [0, 0.1) is 0 Å². The smallest absolute Gasteiger partial charge is 0.263 e. The Labute approximate surface area is 108 Å². The lowest BCUT2D eigenvalue weighted by Crippen LogP contribution is -2.23. The van der Waals surface area contributed by atoms with Crippen molar-refractivity contribution in [3.63, 3.8) is 0 Å². The zero-order valence-corrected chi connectivity index (χ0v) is 11.5. The van der Waals surface area contributed by atoms with Gasteiger partial charge in [-0.3, -0.25) is 9.71 Å². The summed E-state index contributed by atoms with van der Waals surface area (Å²) >= 11 is 0. The number of fused-ring (bicyclic) bond motifs is 1. The van der Waals surface area contributed by atoms with Crippen LogP contribution in [0.3, 0.4) is 0 Å². The molecule has 4 nitrogen and oxygen atoms in total. The molecule has 0 radical (unpaired) electrons. The van der Waals surface area contributed by atoms with E-state index in [2.05, 4.69) is 16.6 Å². The highest BCUT2D eigenvalue weighted by atomic mass is 32.2. The van der Waals surface area contributed by atoms with Crippen molar-refractivity contribution in [2.24, 2.45) is 4.99 Å². The number of nitrogens with one attached hydrogen (secondary N) is 1. The van der Waals surface area contributed by atoms with E-state index in [4.69, 9.17) is 0 Å². The third-order valence-corrected chi connectivity index (χ3v) is 4.38. The fraction of sp³-hybridized carbons (Fsp3) is 0.462. The van der Waals surface area contributed by atoms with Crippen molar-refractivity contribution in [1.29, 1.82) is 0 Å². The third kappa shape index (κ3) is 2.56. The number of hydrogen-bond donors (Lipinski definition) is 1. The van der Waals surface area contributed by atoms with Crippen LogP contribution in [0.25, 0.3) is 0 Å². The van der Waals surface area contributed by atoms with Gasteiger partial charge in [-0.25, -0.2) is 8.42 Å². The first kappa shape index (κ1) is 13.1. The topological polar surface area (TPSA) is 58.5 Å². The van der Waals surface area contributed by atoms with Crippen molar-refractivity contribution in [2.45, 2.75) is 44.0 Å². The van der Waals surface area contributed by atoms with Gasteiger partial charge in [-0.15, -0.1) is 0 Å². The molecule has 0 bridgehead atoms. The zero-order chi connectivity index (χ0) is 13.2. The molecular formula is C13H18N2O2S. The number of rotatable bonds is 4. The number of amidine groups is 1. The predicted molar refractivity (Wildman–Crippen MR) is 72.3 cm³/mol. The minimum absolute atomic E-state index is 0.133. The Morgan fingerprint density at radius 2 is 2.06 bits per heavy atom. The standard InChI is InChI=1S/C13H18N2O2S/c1-3-4-7-10(2)14-13-11-8-5-6-9-12(11)18(16,17)15-13/h5-6,8-10H,3-4,7H2,1-2H3,(H,14,15). The molecule has 1 unspecified atom stereocenters.